The number of carbonyl (C=O) groups excluding carboxylic acids is 2. The van der Waals surface area contributed by atoms with E-state index in [4.69, 9.17) is 0 Å². The highest BCUT2D eigenvalue weighted by atomic mass is 16.3. The van der Waals surface area contributed by atoms with E-state index in [0.29, 0.717) is 30.4 Å². The molecule has 102 valence electrons. The molecule has 0 aromatic heterocycles. The third-order valence-corrected chi connectivity index (χ3v) is 3.89. The number of carbonyl (C=O) groups is 2. The van der Waals surface area contributed by atoms with Gasteiger partial charge in [0.25, 0.3) is 0 Å². The van der Waals surface area contributed by atoms with Crippen molar-refractivity contribution in [3.05, 3.63) is 35.4 Å². The molecule has 0 aliphatic heterocycles. The van der Waals surface area contributed by atoms with Crippen LogP contribution in [0.4, 0.5) is 0 Å². The van der Waals surface area contributed by atoms with E-state index in [1.54, 1.807) is 24.3 Å². The second-order valence-electron chi connectivity index (χ2n) is 5.28. The van der Waals surface area contributed by atoms with Crippen molar-refractivity contribution < 1.29 is 14.7 Å². The number of ketones is 2. The van der Waals surface area contributed by atoms with E-state index in [9.17, 15) is 14.7 Å². The van der Waals surface area contributed by atoms with Crippen molar-refractivity contribution in [2.45, 2.75) is 51.0 Å². The summed E-state index contributed by atoms with van der Waals surface area (Å²) >= 11 is 0. The molecule has 0 radical (unpaired) electrons. The van der Waals surface area contributed by atoms with Crippen LogP contribution in [0.25, 0.3) is 0 Å². The second kappa shape index (κ2) is 5.66. The van der Waals surface area contributed by atoms with Gasteiger partial charge in [0.15, 0.2) is 11.6 Å². The Morgan fingerprint density at radius 2 is 1.58 bits per heavy atom. The fraction of sp³-hybridized carbons (Fsp3) is 0.500. The fourth-order valence-corrected chi connectivity index (χ4v) is 2.64. The zero-order valence-electron chi connectivity index (χ0n) is 11.3. The molecular formula is C16H20O3. The third kappa shape index (κ3) is 2.92. The summed E-state index contributed by atoms with van der Waals surface area (Å²) < 4.78 is 0. The number of rotatable bonds is 4. The van der Waals surface area contributed by atoms with E-state index in [2.05, 4.69) is 0 Å². The molecule has 0 bridgehead atoms. The zero-order chi connectivity index (χ0) is 13.9. The normalized spacial score (nSPS) is 18.0. The Morgan fingerprint density at radius 3 is 2.11 bits per heavy atom. The molecule has 1 saturated carbocycles. The van der Waals surface area contributed by atoms with Gasteiger partial charge in [-0.1, -0.05) is 50.5 Å². The highest BCUT2D eigenvalue weighted by molar-refractivity contribution is 6.03. The smallest absolute Gasteiger partial charge is 0.194 e. The van der Waals surface area contributed by atoms with Crippen molar-refractivity contribution in [2.24, 2.45) is 0 Å². The summed E-state index contributed by atoms with van der Waals surface area (Å²) in [4.78, 5) is 23.9. The van der Waals surface area contributed by atoms with Crippen LogP contribution in [0.2, 0.25) is 0 Å². The van der Waals surface area contributed by atoms with Crippen molar-refractivity contribution in [2.75, 3.05) is 0 Å². The third-order valence-electron chi connectivity index (χ3n) is 3.89. The standard InChI is InChI=1S/C16H20O3/c1-2-14(17)12-6-8-13(9-7-12)15(18)16(19)10-4-3-5-11-16/h6-9,19H,2-5,10-11H2,1H3. The number of hydrogen-bond donors (Lipinski definition) is 1. The first kappa shape index (κ1) is 13.9. The van der Waals surface area contributed by atoms with Crippen LogP contribution in [0.1, 0.15) is 66.2 Å². The summed E-state index contributed by atoms with van der Waals surface area (Å²) in [5, 5.41) is 10.4. The predicted octanol–water partition coefficient (Wildman–Crippen LogP) is 3.16. The highest BCUT2D eigenvalue weighted by Gasteiger charge is 2.37. The van der Waals surface area contributed by atoms with E-state index in [1.807, 2.05) is 6.92 Å². The van der Waals surface area contributed by atoms with Crippen LogP contribution in [0.3, 0.4) is 0 Å². The summed E-state index contributed by atoms with van der Waals surface area (Å²) in [7, 11) is 0. The van der Waals surface area contributed by atoms with Gasteiger partial charge in [-0.2, -0.15) is 0 Å². The Bertz CT molecular complexity index is 467. The van der Waals surface area contributed by atoms with E-state index >= 15 is 0 Å². The summed E-state index contributed by atoms with van der Waals surface area (Å²) in [5.41, 5.74) is -0.0825. The number of Topliss-reactive ketones (excluding diaryl/α,β-unsaturated/α-hetero) is 2. The minimum Gasteiger partial charge on any atom is -0.382 e. The lowest BCUT2D eigenvalue weighted by Gasteiger charge is -2.30. The van der Waals surface area contributed by atoms with Gasteiger partial charge in [0.05, 0.1) is 0 Å². The van der Waals surface area contributed by atoms with Crippen LogP contribution in [0, 0.1) is 0 Å². The van der Waals surface area contributed by atoms with Gasteiger partial charge in [0, 0.05) is 17.5 Å². The van der Waals surface area contributed by atoms with Crippen molar-refractivity contribution in [1.82, 2.24) is 0 Å². The van der Waals surface area contributed by atoms with Gasteiger partial charge in [-0.3, -0.25) is 9.59 Å². The average molecular weight is 260 g/mol. The lowest BCUT2D eigenvalue weighted by Crippen LogP contribution is -2.40. The maximum absolute atomic E-state index is 12.3. The number of aliphatic hydroxyl groups is 1. The molecule has 0 atom stereocenters. The Labute approximate surface area is 113 Å². The SMILES string of the molecule is CCC(=O)c1ccc(C(=O)C2(O)CCCCC2)cc1. The molecule has 19 heavy (non-hydrogen) atoms. The predicted molar refractivity (Wildman–Crippen MR) is 73.4 cm³/mol. The lowest BCUT2D eigenvalue weighted by atomic mass is 9.79. The lowest BCUT2D eigenvalue weighted by molar-refractivity contribution is 0.0116. The van der Waals surface area contributed by atoms with Crippen LogP contribution in [0.5, 0.6) is 0 Å². The largest absolute Gasteiger partial charge is 0.382 e. The number of hydrogen-bond acceptors (Lipinski definition) is 3. The van der Waals surface area contributed by atoms with Crippen LogP contribution in [-0.2, 0) is 0 Å². The Balaban J connectivity index is 2.17. The second-order valence-corrected chi connectivity index (χ2v) is 5.28. The molecule has 1 aromatic rings. The van der Waals surface area contributed by atoms with E-state index in [0.717, 1.165) is 19.3 Å². The van der Waals surface area contributed by atoms with Crippen molar-refractivity contribution >= 4 is 11.6 Å². The van der Waals surface area contributed by atoms with Crippen molar-refractivity contribution in [3.8, 4) is 0 Å². The Kier molecular flexibility index (Phi) is 4.15. The van der Waals surface area contributed by atoms with Gasteiger partial charge < -0.3 is 5.11 Å². The van der Waals surface area contributed by atoms with Crippen LogP contribution >= 0.6 is 0 Å². The minimum absolute atomic E-state index is 0.0652. The minimum atomic E-state index is -1.20. The average Bonchev–Trinajstić information content (AvgIpc) is 2.46. The molecule has 2 rings (SSSR count). The molecule has 1 fully saturated rings. The van der Waals surface area contributed by atoms with Crippen molar-refractivity contribution in [1.29, 1.82) is 0 Å². The maximum Gasteiger partial charge on any atom is 0.194 e. The molecule has 0 amide bonds. The highest BCUT2D eigenvalue weighted by Crippen LogP contribution is 2.31. The summed E-state index contributed by atoms with van der Waals surface area (Å²) in [6.07, 6.45) is 4.42. The van der Waals surface area contributed by atoms with Crippen LogP contribution in [0.15, 0.2) is 24.3 Å². The number of benzene rings is 1. The molecule has 1 N–H and O–H groups in total. The van der Waals surface area contributed by atoms with E-state index < -0.39 is 5.60 Å². The van der Waals surface area contributed by atoms with Gasteiger partial charge >= 0.3 is 0 Å². The molecule has 1 aliphatic rings. The first-order valence-electron chi connectivity index (χ1n) is 6.97. The summed E-state index contributed by atoms with van der Waals surface area (Å²) in [5.74, 6) is -0.141. The molecular weight excluding hydrogens is 240 g/mol. The molecule has 1 aliphatic carbocycles. The zero-order valence-corrected chi connectivity index (χ0v) is 11.3. The topological polar surface area (TPSA) is 54.4 Å². The Morgan fingerprint density at radius 1 is 1.05 bits per heavy atom. The maximum atomic E-state index is 12.3. The van der Waals surface area contributed by atoms with Gasteiger partial charge in [-0.15, -0.1) is 0 Å². The Hall–Kier alpha value is -1.48. The van der Waals surface area contributed by atoms with Crippen molar-refractivity contribution in [3.63, 3.8) is 0 Å². The first-order chi connectivity index (χ1) is 9.07. The molecule has 3 nitrogen and oxygen atoms in total. The fourth-order valence-electron chi connectivity index (χ4n) is 2.64. The summed E-state index contributed by atoms with van der Waals surface area (Å²) in [6, 6.07) is 6.64. The van der Waals surface area contributed by atoms with Crippen LogP contribution < -0.4 is 0 Å². The van der Waals surface area contributed by atoms with Gasteiger partial charge in [0.2, 0.25) is 0 Å². The van der Waals surface area contributed by atoms with Gasteiger partial charge in [0.1, 0.15) is 5.60 Å². The molecule has 0 unspecified atom stereocenters. The molecule has 0 saturated heterocycles. The van der Waals surface area contributed by atoms with Gasteiger partial charge in [-0.05, 0) is 12.8 Å². The quantitative estimate of drug-likeness (QED) is 0.846. The molecule has 3 heteroatoms. The first-order valence-corrected chi connectivity index (χ1v) is 6.97. The van der Waals surface area contributed by atoms with E-state index in [-0.39, 0.29) is 11.6 Å². The van der Waals surface area contributed by atoms with Gasteiger partial charge in [-0.25, -0.2) is 0 Å². The van der Waals surface area contributed by atoms with E-state index in [1.165, 1.54) is 0 Å². The van der Waals surface area contributed by atoms with Crippen LogP contribution in [-0.4, -0.2) is 22.3 Å². The molecule has 0 heterocycles. The molecule has 1 aromatic carbocycles. The monoisotopic (exact) mass is 260 g/mol. The summed E-state index contributed by atoms with van der Waals surface area (Å²) in [6.45, 7) is 1.81. The molecule has 0 spiro atoms.